The van der Waals surface area contributed by atoms with Crippen molar-refractivity contribution in [3.8, 4) is 0 Å². The zero-order valence-electron chi connectivity index (χ0n) is 11.1. The first-order valence-electron chi connectivity index (χ1n) is 6.23. The van der Waals surface area contributed by atoms with Crippen LogP contribution in [0.15, 0.2) is 36.7 Å². The number of benzene rings is 1. The number of carbonyl (C=O) groups is 1. The minimum atomic E-state index is -0.405. The predicted molar refractivity (Wildman–Crippen MR) is 74.9 cm³/mol. The van der Waals surface area contributed by atoms with Gasteiger partial charge < -0.3 is 11.1 Å². The molecule has 2 rings (SSSR count). The second-order valence-electron chi connectivity index (χ2n) is 4.72. The Labute approximate surface area is 112 Å². The molecule has 100 valence electrons. The quantitative estimate of drug-likeness (QED) is 0.863. The van der Waals surface area contributed by atoms with E-state index in [2.05, 4.69) is 24.3 Å². The molecule has 0 aliphatic rings. The molecule has 0 aliphatic carbocycles. The third kappa shape index (κ3) is 3.34. The number of hydrogen-bond donors (Lipinski definition) is 2. The van der Waals surface area contributed by atoms with E-state index in [1.165, 1.54) is 0 Å². The molecule has 0 radical (unpaired) electrons. The van der Waals surface area contributed by atoms with Gasteiger partial charge in [-0.2, -0.15) is 5.10 Å². The van der Waals surface area contributed by atoms with Crippen molar-refractivity contribution in [2.45, 2.75) is 26.4 Å². The van der Waals surface area contributed by atoms with E-state index in [4.69, 9.17) is 5.73 Å². The van der Waals surface area contributed by atoms with Gasteiger partial charge in [0.2, 0.25) is 5.91 Å². The predicted octanol–water partition coefficient (Wildman–Crippen LogP) is 2.17. The Morgan fingerprint density at radius 3 is 2.58 bits per heavy atom. The van der Waals surface area contributed by atoms with Gasteiger partial charge in [-0.3, -0.25) is 9.48 Å². The third-order valence-corrected chi connectivity index (χ3v) is 2.87. The molecule has 0 bridgehead atoms. The van der Waals surface area contributed by atoms with E-state index in [1.54, 1.807) is 18.3 Å². The molecule has 0 spiro atoms. The minimum Gasteiger partial charge on any atom is -0.378 e. The van der Waals surface area contributed by atoms with Crippen LogP contribution in [0, 0.1) is 0 Å². The fraction of sp³-hybridized carbons (Fsp3) is 0.286. The van der Waals surface area contributed by atoms with Gasteiger partial charge in [0.15, 0.2) is 0 Å². The normalized spacial score (nSPS) is 10.7. The van der Waals surface area contributed by atoms with Crippen LogP contribution in [0.1, 0.15) is 35.8 Å². The lowest BCUT2D eigenvalue weighted by atomic mass is 10.1. The highest BCUT2D eigenvalue weighted by Gasteiger charge is 2.02. The third-order valence-electron chi connectivity index (χ3n) is 2.87. The van der Waals surface area contributed by atoms with Crippen molar-refractivity contribution >= 4 is 11.6 Å². The van der Waals surface area contributed by atoms with Crippen molar-refractivity contribution < 1.29 is 4.79 Å². The molecule has 0 saturated carbocycles. The van der Waals surface area contributed by atoms with Crippen molar-refractivity contribution in [3.63, 3.8) is 0 Å². The molecule has 0 saturated heterocycles. The standard InChI is InChI=1S/C14H18N4O/c1-10(2)18-9-13(8-17-18)16-7-11-3-5-12(6-4-11)14(15)19/h3-6,8-10,16H,7H2,1-2H3,(H2,15,19). The highest BCUT2D eigenvalue weighted by atomic mass is 16.1. The molecule has 5 nitrogen and oxygen atoms in total. The second-order valence-corrected chi connectivity index (χ2v) is 4.72. The van der Waals surface area contributed by atoms with Gasteiger partial charge in [-0.05, 0) is 31.5 Å². The molecular formula is C14H18N4O. The molecular weight excluding hydrogens is 240 g/mol. The van der Waals surface area contributed by atoms with E-state index in [0.717, 1.165) is 11.3 Å². The summed E-state index contributed by atoms with van der Waals surface area (Å²) >= 11 is 0. The van der Waals surface area contributed by atoms with Gasteiger partial charge in [0.05, 0.1) is 11.9 Å². The Kier molecular flexibility index (Phi) is 3.85. The Hall–Kier alpha value is -2.30. The molecule has 0 unspecified atom stereocenters. The number of nitrogens with one attached hydrogen (secondary N) is 1. The topological polar surface area (TPSA) is 72.9 Å². The number of anilines is 1. The fourth-order valence-corrected chi connectivity index (χ4v) is 1.70. The summed E-state index contributed by atoms with van der Waals surface area (Å²) in [6, 6.07) is 7.60. The monoisotopic (exact) mass is 258 g/mol. The van der Waals surface area contributed by atoms with Crippen LogP contribution in [-0.2, 0) is 6.54 Å². The number of primary amides is 1. The second kappa shape index (κ2) is 5.56. The van der Waals surface area contributed by atoms with Gasteiger partial charge in [-0.15, -0.1) is 0 Å². The molecule has 1 heterocycles. The van der Waals surface area contributed by atoms with Crippen LogP contribution in [0.2, 0.25) is 0 Å². The van der Waals surface area contributed by atoms with Gasteiger partial charge >= 0.3 is 0 Å². The maximum absolute atomic E-state index is 11.0. The van der Waals surface area contributed by atoms with E-state index in [-0.39, 0.29) is 0 Å². The van der Waals surface area contributed by atoms with Crippen LogP contribution in [-0.4, -0.2) is 15.7 Å². The number of aromatic nitrogens is 2. The smallest absolute Gasteiger partial charge is 0.248 e. The highest BCUT2D eigenvalue weighted by molar-refractivity contribution is 5.92. The number of nitrogens with zero attached hydrogens (tertiary/aromatic N) is 2. The lowest BCUT2D eigenvalue weighted by Gasteiger charge is -2.05. The van der Waals surface area contributed by atoms with Gasteiger partial charge in [0, 0.05) is 24.3 Å². The zero-order chi connectivity index (χ0) is 13.8. The van der Waals surface area contributed by atoms with Gasteiger partial charge in [-0.1, -0.05) is 12.1 Å². The van der Waals surface area contributed by atoms with Crippen molar-refractivity contribution in [3.05, 3.63) is 47.8 Å². The van der Waals surface area contributed by atoms with Gasteiger partial charge in [-0.25, -0.2) is 0 Å². The first-order chi connectivity index (χ1) is 9.06. The summed E-state index contributed by atoms with van der Waals surface area (Å²) in [7, 11) is 0. The highest BCUT2D eigenvalue weighted by Crippen LogP contribution is 2.12. The summed E-state index contributed by atoms with van der Waals surface area (Å²) in [4.78, 5) is 11.0. The first kappa shape index (κ1) is 13.1. The van der Waals surface area contributed by atoms with Crippen molar-refractivity contribution in [2.24, 2.45) is 5.73 Å². The molecule has 1 amide bonds. The fourth-order valence-electron chi connectivity index (χ4n) is 1.70. The van der Waals surface area contributed by atoms with Crippen molar-refractivity contribution in [2.75, 3.05) is 5.32 Å². The summed E-state index contributed by atoms with van der Waals surface area (Å²) in [6.45, 7) is 4.85. The maximum atomic E-state index is 11.0. The number of nitrogens with two attached hydrogens (primary N) is 1. The average Bonchev–Trinajstić information content (AvgIpc) is 2.86. The van der Waals surface area contributed by atoms with Crippen LogP contribution < -0.4 is 11.1 Å². The molecule has 1 aromatic heterocycles. The lowest BCUT2D eigenvalue weighted by Crippen LogP contribution is -2.10. The van der Waals surface area contributed by atoms with E-state index in [0.29, 0.717) is 18.2 Å². The number of amides is 1. The van der Waals surface area contributed by atoms with E-state index in [1.807, 2.05) is 23.0 Å². The van der Waals surface area contributed by atoms with Crippen LogP contribution in [0.3, 0.4) is 0 Å². The summed E-state index contributed by atoms with van der Waals surface area (Å²) in [5, 5.41) is 7.54. The number of hydrogen-bond acceptors (Lipinski definition) is 3. The van der Waals surface area contributed by atoms with Gasteiger partial charge in [0.1, 0.15) is 0 Å². The molecule has 19 heavy (non-hydrogen) atoms. The molecule has 0 atom stereocenters. The Balaban J connectivity index is 1.96. The van der Waals surface area contributed by atoms with Crippen LogP contribution in [0.4, 0.5) is 5.69 Å². The Bertz CT molecular complexity index is 557. The summed E-state index contributed by atoms with van der Waals surface area (Å²) in [5.74, 6) is -0.405. The Morgan fingerprint density at radius 1 is 1.37 bits per heavy atom. The molecule has 2 aromatic rings. The molecule has 5 heteroatoms. The first-order valence-corrected chi connectivity index (χ1v) is 6.23. The van der Waals surface area contributed by atoms with E-state index in [9.17, 15) is 4.79 Å². The maximum Gasteiger partial charge on any atom is 0.248 e. The van der Waals surface area contributed by atoms with Crippen LogP contribution >= 0.6 is 0 Å². The molecule has 3 N–H and O–H groups in total. The average molecular weight is 258 g/mol. The zero-order valence-corrected chi connectivity index (χ0v) is 11.1. The number of rotatable bonds is 5. The van der Waals surface area contributed by atoms with E-state index >= 15 is 0 Å². The summed E-state index contributed by atoms with van der Waals surface area (Å²) < 4.78 is 1.90. The summed E-state index contributed by atoms with van der Waals surface area (Å²) in [6.07, 6.45) is 3.78. The molecule has 1 aromatic carbocycles. The minimum absolute atomic E-state index is 0.352. The van der Waals surface area contributed by atoms with Crippen molar-refractivity contribution in [1.82, 2.24) is 9.78 Å². The van der Waals surface area contributed by atoms with Crippen molar-refractivity contribution in [1.29, 1.82) is 0 Å². The van der Waals surface area contributed by atoms with Crippen LogP contribution in [0.25, 0.3) is 0 Å². The molecule has 0 fully saturated rings. The largest absolute Gasteiger partial charge is 0.378 e. The SMILES string of the molecule is CC(C)n1cc(NCc2ccc(C(N)=O)cc2)cn1. The van der Waals surface area contributed by atoms with E-state index < -0.39 is 5.91 Å². The molecule has 0 aliphatic heterocycles. The lowest BCUT2D eigenvalue weighted by molar-refractivity contribution is 0.100. The van der Waals surface area contributed by atoms with Gasteiger partial charge in [0.25, 0.3) is 0 Å². The van der Waals surface area contributed by atoms with Crippen LogP contribution in [0.5, 0.6) is 0 Å². The number of carbonyl (C=O) groups excluding carboxylic acids is 1. The summed E-state index contributed by atoms with van der Waals surface area (Å²) in [5.41, 5.74) is 7.78. The Morgan fingerprint density at radius 2 is 2.05 bits per heavy atom.